The van der Waals surface area contributed by atoms with Crippen LogP contribution in [-0.4, -0.2) is 20.8 Å². The molecule has 2 amide bonds. The summed E-state index contributed by atoms with van der Waals surface area (Å²) in [7, 11) is 0. The molecule has 0 aliphatic rings. The molecule has 3 rings (SSSR count). The Morgan fingerprint density at radius 2 is 1.72 bits per heavy atom. The Bertz CT molecular complexity index is 873. The van der Waals surface area contributed by atoms with Crippen LogP contribution in [0.15, 0.2) is 54.6 Å². The van der Waals surface area contributed by atoms with Crippen molar-refractivity contribution in [2.45, 2.75) is 26.7 Å². The minimum absolute atomic E-state index is 0.399. The summed E-state index contributed by atoms with van der Waals surface area (Å²) >= 11 is 0. The standard InChI is InChI=1S/C19H21N5O/c1-3-14-10-8-9-13-16(14)23(18(20)25)19-21-17(4-2)22-24(19)15-11-6-5-7-12-15/h5-13H,3-4H2,1-2H3,(H2,20,25). The first-order chi connectivity index (χ1) is 12.2. The second-order valence-electron chi connectivity index (χ2n) is 5.58. The molecule has 1 aromatic heterocycles. The highest BCUT2D eigenvalue weighted by Gasteiger charge is 2.25. The molecule has 6 heteroatoms. The summed E-state index contributed by atoms with van der Waals surface area (Å²) in [5, 5.41) is 4.54. The van der Waals surface area contributed by atoms with Crippen LogP contribution in [0.3, 0.4) is 0 Å². The number of amides is 2. The molecule has 0 radical (unpaired) electrons. The highest BCUT2D eigenvalue weighted by atomic mass is 16.2. The molecule has 128 valence electrons. The predicted molar refractivity (Wildman–Crippen MR) is 98.3 cm³/mol. The number of carbonyl (C=O) groups excluding carboxylic acids is 1. The lowest BCUT2D eigenvalue weighted by Gasteiger charge is -2.22. The summed E-state index contributed by atoms with van der Waals surface area (Å²) in [6.07, 6.45) is 1.44. The maximum Gasteiger partial charge on any atom is 0.326 e. The van der Waals surface area contributed by atoms with Crippen LogP contribution in [0.1, 0.15) is 25.2 Å². The third kappa shape index (κ3) is 3.24. The van der Waals surface area contributed by atoms with Gasteiger partial charge in [0.05, 0.1) is 11.4 Å². The lowest BCUT2D eigenvalue weighted by atomic mass is 10.1. The SMILES string of the molecule is CCc1nc(N(C(N)=O)c2ccccc2CC)n(-c2ccccc2)n1. The number of urea groups is 1. The number of aromatic nitrogens is 3. The van der Waals surface area contributed by atoms with Gasteiger partial charge in [0.25, 0.3) is 0 Å². The van der Waals surface area contributed by atoms with Gasteiger partial charge in [0.15, 0.2) is 5.82 Å². The lowest BCUT2D eigenvalue weighted by molar-refractivity contribution is 0.255. The molecule has 2 N–H and O–H groups in total. The van der Waals surface area contributed by atoms with E-state index >= 15 is 0 Å². The van der Waals surface area contributed by atoms with Gasteiger partial charge in [-0.15, -0.1) is 5.10 Å². The summed E-state index contributed by atoms with van der Waals surface area (Å²) in [6, 6.07) is 16.7. The Labute approximate surface area is 146 Å². The molecule has 3 aromatic rings. The molecule has 0 aliphatic heterocycles. The Hall–Kier alpha value is -3.15. The van der Waals surface area contributed by atoms with E-state index in [2.05, 4.69) is 10.1 Å². The van der Waals surface area contributed by atoms with Crippen LogP contribution in [0.5, 0.6) is 0 Å². The number of primary amides is 1. The minimum atomic E-state index is -0.590. The first-order valence-electron chi connectivity index (χ1n) is 8.34. The van der Waals surface area contributed by atoms with Gasteiger partial charge in [-0.1, -0.05) is 50.2 Å². The van der Waals surface area contributed by atoms with Crippen molar-refractivity contribution < 1.29 is 4.79 Å². The van der Waals surface area contributed by atoms with Gasteiger partial charge in [-0.3, -0.25) is 0 Å². The van der Waals surface area contributed by atoms with Crippen molar-refractivity contribution in [3.05, 3.63) is 66.0 Å². The van der Waals surface area contributed by atoms with Crippen LogP contribution in [-0.2, 0) is 12.8 Å². The van der Waals surface area contributed by atoms with Crippen molar-refractivity contribution in [3.63, 3.8) is 0 Å². The molecule has 0 fully saturated rings. The van der Waals surface area contributed by atoms with E-state index in [1.807, 2.05) is 68.4 Å². The van der Waals surface area contributed by atoms with E-state index in [0.29, 0.717) is 18.2 Å². The monoisotopic (exact) mass is 335 g/mol. The van der Waals surface area contributed by atoms with E-state index in [-0.39, 0.29) is 0 Å². The average molecular weight is 335 g/mol. The molecule has 0 saturated heterocycles. The molecule has 25 heavy (non-hydrogen) atoms. The lowest BCUT2D eigenvalue weighted by Crippen LogP contribution is -2.34. The number of para-hydroxylation sites is 2. The Morgan fingerprint density at radius 1 is 1.04 bits per heavy atom. The first-order valence-corrected chi connectivity index (χ1v) is 8.34. The number of benzene rings is 2. The highest BCUT2D eigenvalue weighted by molar-refractivity contribution is 5.97. The Balaban J connectivity index is 2.21. The van der Waals surface area contributed by atoms with Gasteiger partial charge >= 0.3 is 6.03 Å². The number of nitrogens with two attached hydrogens (primary N) is 1. The number of anilines is 2. The largest absolute Gasteiger partial charge is 0.351 e. The van der Waals surface area contributed by atoms with Crippen molar-refractivity contribution in [2.75, 3.05) is 4.90 Å². The summed E-state index contributed by atoms with van der Waals surface area (Å²) in [5.41, 5.74) is 8.29. The van der Waals surface area contributed by atoms with Crippen molar-refractivity contribution in [3.8, 4) is 5.69 Å². The second kappa shape index (κ2) is 7.17. The van der Waals surface area contributed by atoms with Crippen molar-refractivity contribution in [1.29, 1.82) is 0 Å². The summed E-state index contributed by atoms with van der Waals surface area (Å²) in [5.74, 6) is 1.05. The van der Waals surface area contributed by atoms with Crippen LogP contribution in [0, 0.1) is 0 Å². The zero-order valence-electron chi connectivity index (χ0n) is 14.4. The minimum Gasteiger partial charge on any atom is -0.351 e. The molecule has 0 aliphatic carbocycles. The van der Waals surface area contributed by atoms with Gasteiger partial charge in [0.1, 0.15) is 0 Å². The molecular formula is C19H21N5O. The quantitative estimate of drug-likeness (QED) is 0.774. The number of aryl methyl sites for hydroxylation is 2. The molecule has 6 nitrogen and oxygen atoms in total. The molecule has 2 aromatic carbocycles. The molecular weight excluding hydrogens is 314 g/mol. The normalized spacial score (nSPS) is 10.6. The molecule has 0 atom stereocenters. The number of hydrogen-bond acceptors (Lipinski definition) is 3. The summed E-state index contributed by atoms with van der Waals surface area (Å²) in [6.45, 7) is 4.01. The topological polar surface area (TPSA) is 77.0 Å². The van der Waals surface area contributed by atoms with Crippen LogP contribution < -0.4 is 10.6 Å². The van der Waals surface area contributed by atoms with Crippen molar-refractivity contribution in [2.24, 2.45) is 5.73 Å². The number of rotatable bonds is 5. The van der Waals surface area contributed by atoms with Gasteiger partial charge in [0.2, 0.25) is 5.95 Å². The van der Waals surface area contributed by atoms with E-state index < -0.39 is 6.03 Å². The van der Waals surface area contributed by atoms with E-state index in [1.54, 1.807) is 4.68 Å². The van der Waals surface area contributed by atoms with E-state index in [4.69, 9.17) is 5.73 Å². The molecule has 0 bridgehead atoms. The third-order valence-electron chi connectivity index (χ3n) is 3.98. The van der Waals surface area contributed by atoms with Gasteiger partial charge in [-0.05, 0) is 30.2 Å². The van der Waals surface area contributed by atoms with Crippen LogP contribution >= 0.6 is 0 Å². The van der Waals surface area contributed by atoms with Gasteiger partial charge in [-0.25, -0.2) is 9.69 Å². The van der Waals surface area contributed by atoms with Crippen molar-refractivity contribution in [1.82, 2.24) is 14.8 Å². The van der Waals surface area contributed by atoms with Gasteiger partial charge < -0.3 is 5.73 Å². The number of nitrogens with zero attached hydrogens (tertiary/aromatic N) is 4. The van der Waals surface area contributed by atoms with Crippen molar-refractivity contribution >= 4 is 17.7 Å². The fraction of sp³-hybridized carbons (Fsp3) is 0.211. The molecule has 0 spiro atoms. The highest BCUT2D eigenvalue weighted by Crippen LogP contribution is 2.29. The van der Waals surface area contributed by atoms with E-state index in [0.717, 1.165) is 23.4 Å². The zero-order chi connectivity index (χ0) is 17.8. The predicted octanol–water partition coefficient (Wildman–Crippen LogP) is 3.61. The van der Waals surface area contributed by atoms with E-state index in [9.17, 15) is 4.79 Å². The zero-order valence-corrected chi connectivity index (χ0v) is 14.4. The van der Waals surface area contributed by atoms with Gasteiger partial charge in [-0.2, -0.15) is 9.67 Å². The average Bonchev–Trinajstić information content (AvgIpc) is 3.07. The smallest absolute Gasteiger partial charge is 0.326 e. The van der Waals surface area contributed by atoms with Crippen LogP contribution in [0.4, 0.5) is 16.4 Å². The number of carbonyl (C=O) groups is 1. The Morgan fingerprint density at radius 3 is 2.36 bits per heavy atom. The van der Waals surface area contributed by atoms with Gasteiger partial charge in [0, 0.05) is 6.42 Å². The third-order valence-corrected chi connectivity index (χ3v) is 3.98. The first kappa shape index (κ1) is 16.7. The number of hydrogen-bond donors (Lipinski definition) is 1. The molecule has 0 unspecified atom stereocenters. The summed E-state index contributed by atoms with van der Waals surface area (Å²) < 4.78 is 1.66. The fourth-order valence-electron chi connectivity index (χ4n) is 2.74. The van der Waals surface area contributed by atoms with Crippen LogP contribution in [0.25, 0.3) is 5.69 Å². The fourth-order valence-corrected chi connectivity index (χ4v) is 2.74. The Kier molecular flexibility index (Phi) is 4.79. The second-order valence-corrected chi connectivity index (χ2v) is 5.58. The van der Waals surface area contributed by atoms with Crippen LogP contribution in [0.2, 0.25) is 0 Å². The summed E-state index contributed by atoms with van der Waals surface area (Å²) in [4.78, 5) is 18.3. The van der Waals surface area contributed by atoms with E-state index in [1.165, 1.54) is 4.90 Å². The maximum atomic E-state index is 12.3. The molecule has 0 saturated carbocycles. The molecule has 1 heterocycles. The maximum absolute atomic E-state index is 12.3.